The summed E-state index contributed by atoms with van der Waals surface area (Å²) in [5.41, 5.74) is 1.81. The molecule has 0 fully saturated rings. The van der Waals surface area contributed by atoms with Gasteiger partial charge >= 0.3 is 0 Å². The number of nitrogens with zero attached hydrogens (tertiary/aromatic N) is 2. The Morgan fingerprint density at radius 1 is 1.07 bits per heavy atom. The van der Waals surface area contributed by atoms with E-state index in [1.807, 2.05) is 30.3 Å². The number of hydrogen-bond donors (Lipinski definition) is 1. The minimum Gasteiger partial charge on any atom is -0.451 e. The number of carbonyl (C=O) groups excluding carboxylic acids is 1. The third-order valence-corrected chi connectivity index (χ3v) is 5.10. The predicted molar refractivity (Wildman–Crippen MR) is 110 cm³/mol. The van der Waals surface area contributed by atoms with Crippen molar-refractivity contribution in [1.29, 1.82) is 0 Å². The Kier molecular flexibility index (Phi) is 5.17. The van der Waals surface area contributed by atoms with Gasteiger partial charge in [0.2, 0.25) is 0 Å². The fraction of sp³-hybridized carbons (Fsp3) is 0.0476. The lowest BCUT2D eigenvalue weighted by molar-refractivity contribution is -0.384. The number of nitro groups is 1. The van der Waals surface area contributed by atoms with Gasteiger partial charge in [-0.05, 0) is 29.8 Å². The standard InChI is InChI=1S/C21H15N3O4S/c25-20(23-21-22-13-17(29-21)12-14-4-2-1-3-5-14)19-11-10-18(28-19)15-6-8-16(9-7-15)24(26)27/h1-11,13H,12H2,(H,22,23,25). The van der Waals surface area contributed by atoms with Crippen molar-refractivity contribution < 1.29 is 14.1 Å². The van der Waals surface area contributed by atoms with E-state index in [4.69, 9.17) is 4.42 Å². The molecule has 2 aromatic carbocycles. The Balaban J connectivity index is 1.42. The second-order valence-corrected chi connectivity index (χ2v) is 7.33. The van der Waals surface area contributed by atoms with Crippen LogP contribution in [0.15, 0.2) is 77.3 Å². The number of rotatable bonds is 6. The lowest BCUT2D eigenvalue weighted by Gasteiger charge is -1.99. The van der Waals surface area contributed by atoms with Crippen LogP contribution in [0.5, 0.6) is 0 Å². The van der Waals surface area contributed by atoms with Crippen molar-refractivity contribution in [1.82, 2.24) is 4.98 Å². The van der Waals surface area contributed by atoms with Crippen LogP contribution in [0, 0.1) is 10.1 Å². The molecule has 0 bridgehead atoms. The van der Waals surface area contributed by atoms with Gasteiger partial charge in [-0.15, -0.1) is 11.3 Å². The van der Waals surface area contributed by atoms with Gasteiger partial charge < -0.3 is 4.42 Å². The smallest absolute Gasteiger partial charge is 0.293 e. The molecule has 29 heavy (non-hydrogen) atoms. The molecule has 1 N–H and O–H groups in total. The summed E-state index contributed by atoms with van der Waals surface area (Å²) in [6.45, 7) is 0. The number of thiazole rings is 1. The second-order valence-electron chi connectivity index (χ2n) is 6.22. The number of carbonyl (C=O) groups is 1. The molecule has 0 aliphatic heterocycles. The summed E-state index contributed by atoms with van der Waals surface area (Å²) in [4.78, 5) is 28.0. The number of furan rings is 1. The zero-order valence-electron chi connectivity index (χ0n) is 15.1. The highest BCUT2D eigenvalue weighted by Crippen LogP contribution is 2.26. The number of amides is 1. The van der Waals surface area contributed by atoms with Gasteiger partial charge in [0.1, 0.15) is 5.76 Å². The molecule has 8 heteroatoms. The molecule has 144 valence electrons. The first-order chi connectivity index (χ1) is 14.1. The number of benzene rings is 2. The maximum Gasteiger partial charge on any atom is 0.293 e. The molecular formula is C21H15N3O4S. The number of nitrogens with one attached hydrogen (secondary N) is 1. The third-order valence-electron chi connectivity index (χ3n) is 4.19. The van der Waals surface area contributed by atoms with Crippen molar-refractivity contribution in [2.45, 2.75) is 6.42 Å². The summed E-state index contributed by atoms with van der Waals surface area (Å²) in [5, 5.41) is 14.0. The van der Waals surface area contributed by atoms with E-state index < -0.39 is 10.8 Å². The zero-order chi connectivity index (χ0) is 20.2. The Morgan fingerprint density at radius 3 is 2.55 bits per heavy atom. The molecule has 0 unspecified atom stereocenters. The fourth-order valence-electron chi connectivity index (χ4n) is 2.77. The lowest BCUT2D eigenvalue weighted by atomic mass is 10.1. The Labute approximate surface area is 169 Å². The summed E-state index contributed by atoms with van der Waals surface area (Å²) in [5.74, 6) is 0.186. The second kappa shape index (κ2) is 8.07. The minimum absolute atomic E-state index is 0.00616. The average molecular weight is 405 g/mol. The molecule has 4 aromatic rings. The van der Waals surface area contributed by atoms with Gasteiger partial charge in [-0.3, -0.25) is 20.2 Å². The number of hydrogen-bond acceptors (Lipinski definition) is 6. The van der Waals surface area contributed by atoms with Gasteiger partial charge in [-0.1, -0.05) is 30.3 Å². The summed E-state index contributed by atoms with van der Waals surface area (Å²) < 4.78 is 5.60. The molecule has 0 radical (unpaired) electrons. The van der Waals surface area contributed by atoms with E-state index in [-0.39, 0.29) is 11.4 Å². The number of non-ortho nitro benzene ring substituents is 1. The van der Waals surface area contributed by atoms with Crippen LogP contribution in [0.4, 0.5) is 10.8 Å². The van der Waals surface area contributed by atoms with Crippen molar-refractivity contribution in [3.05, 3.63) is 99.2 Å². The van der Waals surface area contributed by atoms with Crippen LogP contribution >= 0.6 is 11.3 Å². The van der Waals surface area contributed by atoms with Crippen molar-refractivity contribution in [3.63, 3.8) is 0 Å². The first-order valence-electron chi connectivity index (χ1n) is 8.73. The molecule has 0 saturated heterocycles. The fourth-order valence-corrected chi connectivity index (χ4v) is 3.61. The average Bonchev–Trinajstić information content (AvgIpc) is 3.39. The molecule has 7 nitrogen and oxygen atoms in total. The monoisotopic (exact) mass is 405 g/mol. The van der Waals surface area contributed by atoms with Crippen LogP contribution in [-0.4, -0.2) is 15.8 Å². The normalized spacial score (nSPS) is 10.6. The number of anilines is 1. The molecular weight excluding hydrogens is 390 g/mol. The zero-order valence-corrected chi connectivity index (χ0v) is 15.9. The summed E-state index contributed by atoms with van der Waals surface area (Å²) in [6.07, 6.45) is 2.50. The Morgan fingerprint density at radius 2 is 1.83 bits per heavy atom. The molecule has 0 atom stereocenters. The summed E-state index contributed by atoms with van der Waals surface area (Å²) in [7, 11) is 0. The lowest BCUT2D eigenvalue weighted by Crippen LogP contribution is -2.10. The predicted octanol–water partition coefficient (Wildman–Crippen LogP) is 5.15. The van der Waals surface area contributed by atoms with Crippen LogP contribution < -0.4 is 5.32 Å². The van der Waals surface area contributed by atoms with Crippen molar-refractivity contribution >= 4 is 28.1 Å². The number of aromatic nitrogens is 1. The van der Waals surface area contributed by atoms with Crippen molar-refractivity contribution in [2.75, 3.05) is 5.32 Å². The molecule has 2 aromatic heterocycles. The number of nitro benzene ring substituents is 1. The topological polar surface area (TPSA) is 98.3 Å². The van der Waals surface area contributed by atoms with Crippen molar-refractivity contribution in [2.24, 2.45) is 0 Å². The molecule has 0 saturated carbocycles. The SMILES string of the molecule is O=C(Nc1ncc(Cc2ccccc2)s1)c1ccc(-c2ccc([N+](=O)[O-])cc2)o1. The van der Waals surface area contributed by atoms with Crippen LogP contribution in [0.1, 0.15) is 21.0 Å². The molecule has 0 spiro atoms. The van der Waals surface area contributed by atoms with Crippen LogP contribution in [0.3, 0.4) is 0 Å². The largest absolute Gasteiger partial charge is 0.451 e. The third kappa shape index (κ3) is 4.39. The maximum atomic E-state index is 12.4. The van der Waals surface area contributed by atoms with E-state index in [2.05, 4.69) is 10.3 Å². The van der Waals surface area contributed by atoms with Gasteiger partial charge in [0.15, 0.2) is 10.9 Å². The highest BCUT2D eigenvalue weighted by atomic mass is 32.1. The van der Waals surface area contributed by atoms with Gasteiger partial charge in [0.05, 0.1) is 4.92 Å². The first kappa shape index (κ1) is 18.6. The summed E-state index contributed by atoms with van der Waals surface area (Å²) >= 11 is 1.41. The maximum absolute atomic E-state index is 12.4. The highest BCUT2D eigenvalue weighted by Gasteiger charge is 2.15. The van der Waals surface area contributed by atoms with E-state index in [0.717, 1.165) is 11.3 Å². The van der Waals surface area contributed by atoms with Gasteiger partial charge in [0.25, 0.3) is 11.6 Å². The van der Waals surface area contributed by atoms with Gasteiger partial charge in [-0.2, -0.15) is 0 Å². The molecule has 4 rings (SSSR count). The summed E-state index contributed by atoms with van der Waals surface area (Å²) in [6, 6.07) is 19.2. The molecule has 1 amide bonds. The van der Waals surface area contributed by atoms with Gasteiger partial charge in [0, 0.05) is 35.2 Å². The molecule has 0 aliphatic rings. The van der Waals surface area contributed by atoms with E-state index in [9.17, 15) is 14.9 Å². The van der Waals surface area contributed by atoms with E-state index in [1.165, 1.54) is 29.0 Å². The molecule has 2 heterocycles. The Hall–Kier alpha value is -3.78. The van der Waals surface area contributed by atoms with E-state index in [0.29, 0.717) is 16.5 Å². The van der Waals surface area contributed by atoms with E-state index >= 15 is 0 Å². The quantitative estimate of drug-likeness (QED) is 0.353. The Bertz CT molecular complexity index is 1150. The van der Waals surface area contributed by atoms with Crippen LogP contribution in [-0.2, 0) is 6.42 Å². The van der Waals surface area contributed by atoms with Crippen LogP contribution in [0.25, 0.3) is 11.3 Å². The minimum atomic E-state index is -0.467. The van der Waals surface area contributed by atoms with Crippen molar-refractivity contribution in [3.8, 4) is 11.3 Å². The molecule has 0 aliphatic carbocycles. The van der Waals surface area contributed by atoms with Gasteiger partial charge in [-0.25, -0.2) is 4.98 Å². The highest BCUT2D eigenvalue weighted by molar-refractivity contribution is 7.15. The first-order valence-corrected chi connectivity index (χ1v) is 9.55. The van der Waals surface area contributed by atoms with Crippen LogP contribution in [0.2, 0.25) is 0 Å². The van der Waals surface area contributed by atoms with E-state index in [1.54, 1.807) is 30.5 Å².